The lowest BCUT2D eigenvalue weighted by Crippen LogP contribution is -2.21. The highest BCUT2D eigenvalue weighted by Gasteiger charge is 2.21. The normalized spacial score (nSPS) is 14.7. The Labute approximate surface area is 330 Å². The van der Waals surface area contributed by atoms with Crippen LogP contribution in [0.25, 0.3) is 90.9 Å². The van der Waals surface area contributed by atoms with Crippen molar-refractivity contribution in [2.24, 2.45) is 0 Å². The molecule has 4 heterocycles. The van der Waals surface area contributed by atoms with Crippen LogP contribution in [0.4, 0.5) is 0 Å². The van der Waals surface area contributed by atoms with Gasteiger partial charge in [0.2, 0.25) is 0 Å². The number of ether oxygens (including phenoxy) is 1. The van der Waals surface area contributed by atoms with Crippen LogP contribution < -0.4 is 15.4 Å². The van der Waals surface area contributed by atoms with Crippen LogP contribution in [0.5, 0.6) is 5.75 Å². The molecule has 0 saturated heterocycles. The van der Waals surface area contributed by atoms with E-state index in [-0.39, 0.29) is 5.92 Å². The third-order valence-corrected chi connectivity index (χ3v) is 10.4. The van der Waals surface area contributed by atoms with Crippen molar-refractivity contribution in [2.45, 2.75) is 12.8 Å². The summed E-state index contributed by atoms with van der Waals surface area (Å²) in [6.07, 6.45) is 4.32. The minimum absolute atomic E-state index is 0.0212. The third kappa shape index (κ3) is 6.57. The Morgan fingerprint density at radius 1 is 0.491 bits per heavy atom. The van der Waals surface area contributed by atoms with Crippen molar-refractivity contribution in [3.05, 3.63) is 186 Å². The lowest BCUT2D eigenvalue weighted by atomic mass is 9.94. The predicted octanol–water partition coefficient (Wildman–Crippen LogP) is 10.8. The summed E-state index contributed by atoms with van der Waals surface area (Å²) in [6.45, 7) is 2.51. The van der Waals surface area contributed by atoms with Gasteiger partial charge in [-0.25, -0.2) is 19.9 Å². The standard InChI is InChI=1S/C51H36N4O2/c1-33-30-42-39-25-15-27-41(46-32-44(35-18-8-3-9-19-35)53-51(55-46)37-22-12-5-13-23-37)49(39)57-47(42)28-29-56-48-38(33)24-14-26-40(48)45-31-43(34-16-6-2-7-17-34)52-50(54-45)36-20-10-4-11-21-36/h2-28,30-33H,29H2,1H3/b42-30-,47-28+. The van der Waals surface area contributed by atoms with E-state index in [2.05, 4.69) is 85.8 Å². The van der Waals surface area contributed by atoms with Crippen molar-refractivity contribution in [3.63, 3.8) is 0 Å². The number of rotatable bonds is 6. The van der Waals surface area contributed by atoms with Crippen LogP contribution in [0, 0.1) is 0 Å². The van der Waals surface area contributed by atoms with Crippen molar-refractivity contribution in [1.29, 1.82) is 0 Å². The van der Waals surface area contributed by atoms with E-state index >= 15 is 0 Å². The Balaban J connectivity index is 1.10. The maximum absolute atomic E-state index is 6.80. The molecule has 0 bridgehead atoms. The van der Waals surface area contributed by atoms with Crippen LogP contribution in [0.2, 0.25) is 0 Å². The zero-order valence-electron chi connectivity index (χ0n) is 31.2. The third-order valence-electron chi connectivity index (χ3n) is 10.4. The molecule has 0 radical (unpaired) electrons. The van der Waals surface area contributed by atoms with Gasteiger partial charge in [-0.1, -0.05) is 159 Å². The molecule has 0 fully saturated rings. The van der Waals surface area contributed by atoms with E-state index in [9.17, 15) is 0 Å². The highest BCUT2D eigenvalue weighted by Crippen LogP contribution is 2.39. The van der Waals surface area contributed by atoms with E-state index in [0.717, 1.165) is 89.1 Å². The average molecular weight is 737 g/mol. The van der Waals surface area contributed by atoms with E-state index in [4.69, 9.17) is 29.1 Å². The molecule has 1 atom stereocenters. The molecule has 272 valence electrons. The van der Waals surface area contributed by atoms with Gasteiger partial charge in [-0.3, -0.25) is 0 Å². The summed E-state index contributed by atoms with van der Waals surface area (Å²) in [5, 5.41) is 2.05. The summed E-state index contributed by atoms with van der Waals surface area (Å²) in [6, 6.07) is 57.4. The fraction of sp³-hybridized carbons (Fsp3) is 0.0588. The topological polar surface area (TPSA) is 73.9 Å². The summed E-state index contributed by atoms with van der Waals surface area (Å²) in [7, 11) is 0. The first-order valence-electron chi connectivity index (χ1n) is 19.2. The van der Waals surface area contributed by atoms with E-state index in [1.165, 1.54) is 0 Å². The number of benzene rings is 6. The lowest BCUT2D eigenvalue weighted by molar-refractivity contribution is 0.369. The number of nitrogens with zero attached hydrogens (tertiary/aromatic N) is 4. The summed E-state index contributed by atoms with van der Waals surface area (Å²) in [5.74, 6) is 2.10. The van der Waals surface area contributed by atoms with Gasteiger partial charge in [0.15, 0.2) is 11.6 Å². The van der Waals surface area contributed by atoms with Crippen molar-refractivity contribution in [2.75, 3.05) is 6.61 Å². The largest absolute Gasteiger partial charge is 0.488 e. The Hall–Kier alpha value is -7.44. The lowest BCUT2D eigenvalue weighted by Gasteiger charge is -2.18. The number of hydrogen-bond donors (Lipinski definition) is 0. The Morgan fingerprint density at radius 2 is 0.982 bits per heavy atom. The van der Waals surface area contributed by atoms with Crippen LogP contribution in [0.15, 0.2) is 174 Å². The maximum atomic E-state index is 6.80. The minimum Gasteiger partial charge on any atom is -0.488 e. The molecule has 1 aliphatic heterocycles. The molecule has 10 rings (SSSR count). The molecule has 1 aliphatic rings. The average Bonchev–Trinajstić information content (AvgIpc) is 3.66. The number of hydrogen-bond acceptors (Lipinski definition) is 6. The quantitative estimate of drug-likeness (QED) is 0.169. The second kappa shape index (κ2) is 14.7. The smallest absolute Gasteiger partial charge is 0.160 e. The van der Waals surface area contributed by atoms with Gasteiger partial charge in [0.05, 0.1) is 22.8 Å². The second-order valence-electron chi connectivity index (χ2n) is 14.1. The maximum Gasteiger partial charge on any atom is 0.160 e. The molecular weight excluding hydrogens is 701 g/mol. The molecule has 3 aromatic heterocycles. The highest BCUT2D eigenvalue weighted by molar-refractivity contribution is 5.93. The van der Waals surface area contributed by atoms with Gasteiger partial charge in [0, 0.05) is 55.5 Å². The molecule has 0 spiro atoms. The van der Waals surface area contributed by atoms with Crippen LogP contribution >= 0.6 is 0 Å². The predicted molar refractivity (Wildman–Crippen MR) is 229 cm³/mol. The van der Waals surface area contributed by atoms with Crippen LogP contribution in [-0.4, -0.2) is 26.5 Å². The molecule has 1 unspecified atom stereocenters. The first-order chi connectivity index (χ1) is 28.2. The number of para-hydroxylation sites is 2. The van der Waals surface area contributed by atoms with Gasteiger partial charge in [0.25, 0.3) is 0 Å². The van der Waals surface area contributed by atoms with Crippen molar-refractivity contribution in [1.82, 2.24) is 19.9 Å². The molecule has 6 nitrogen and oxygen atoms in total. The second-order valence-corrected chi connectivity index (χ2v) is 14.1. The number of fused-ring (bicyclic) bond motifs is 4. The molecule has 6 heteroatoms. The van der Waals surface area contributed by atoms with Crippen LogP contribution in [-0.2, 0) is 0 Å². The SMILES string of the molecule is CC1/C=c2\c(oc3c(-c4cc(-c5ccccc5)nc(-c5ccccc5)n4)cccc23)=C/COc2c(-c3cc(-c4ccccc4)nc(-c4ccccc4)n3)cccc21. The zero-order valence-corrected chi connectivity index (χ0v) is 31.2. The van der Waals surface area contributed by atoms with Gasteiger partial charge in [-0.05, 0) is 30.3 Å². The number of furan rings is 1. The molecule has 9 aromatic rings. The minimum atomic E-state index is -0.0212. The summed E-state index contributed by atoms with van der Waals surface area (Å²) in [4.78, 5) is 20.3. The first-order valence-corrected chi connectivity index (χ1v) is 19.2. The summed E-state index contributed by atoms with van der Waals surface area (Å²) in [5.41, 5.74) is 11.7. The van der Waals surface area contributed by atoms with Gasteiger partial charge in [-0.2, -0.15) is 0 Å². The Morgan fingerprint density at radius 3 is 1.56 bits per heavy atom. The molecule has 57 heavy (non-hydrogen) atoms. The van der Waals surface area contributed by atoms with Crippen molar-refractivity contribution >= 4 is 23.1 Å². The Bertz CT molecular complexity index is 2900. The van der Waals surface area contributed by atoms with E-state index in [1.54, 1.807) is 0 Å². The van der Waals surface area contributed by atoms with Crippen molar-refractivity contribution in [3.8, 4) is 73.6 Å². The molecule has 0 aliphatic carbocycles. The van der Waals surface area contributed by atoms with Crippen molar-refractivity contribution < 1.29 is 9.15 Å². The molecule has 6 aromatic carbocycles. The van der Waals surface area contributed by atoms with Crippen LogP contribution in [0.1, 0.15) is 18.4 Å². The number of aromatic nitrogens is 4. The fourth-order valence-corrected chi connectivity index (χ4v) is 7.62. The molecule has 0 saturated carbocycles. The summed E-state index contributed by atoms with van der Waals surface area (Å²) >= 11 is 0. The fourth-order valence-electron chi connectivity index (χ4n) is 7.62. The van der Waals surface area contributed by atoms with Gasteiger partial charge < -0.3 is 9.15 Å². The van der Waals surface area contributed by atoms with E-state index in [0.29, 0.717) is 18.3 Å². The van der Waals surface area contributed by atoms with Gasteiger partial charge in [0.1, 0.15) is 23.4 Å². The monoisotopic (exact) mass is 736 g/mol. The Kier molecular flexibility index (Phi) is 8.76. The molecular formula is C51H36N4O2. The van der Waals surface area contributed by atoms with Gasteiger partial charge >= 0.3 is 0 Å². The van der Waals surface area contributed by atoms with Crippen LogP contribution in [0.3, 0.4) is 0 Å². The summed E-state index contributed by atoms with van der Waals surface area (Å²) < 4.78 is 13.5. The van der Waals surface area contributed by atoms with Gasteiger partial charge in [-0.15, -0.1) is 0 Å². The first kappa shape index (κ1) is 34.1. The van der Waals surface area contributed by atoms with E-state index in [1.807, 2.05) is 103 Å². The molecule has 0 N–H and O–H groups in total. The van der Waals surface area contributed by atoms with E-state index < -0.39 is 0 Å². The highest BCUT2D eigenvalue weighted by atomic mass is 16.5. The zero-order chi connectivity index (χ0) is 38.1. The molecule has 0 amide bonds.